The number of benzene rings is 1. The van der Waals surface area contributed by atoms with Crippen LogP contribution in [0.3, 0.4) is 0 Å². The van der Waals surface area contributed by atoms with Gasteiger partial charge in [-0.05, 0) is 31.5 Å². The molecule has 1 fully saturated rings. The Hall–Kier alpha value is -2.51. The van der Waals surface area contributed by atoms with Gasteiger partial charge >= 0.3 is 0 Å². The number of anilines is 1. The van der Waals surface area contributed by atoms with Crippen molar-refractivity contribution in [3.05, 3.63) is 47.2 Å². The molecule has 3 aromatic rings. The minimum absolute atomic E-state index is 0.579. The zero-order valence-electron chi connectivity index (χ0n) is 16.1. The molecule has 1 saturated heterocycles. The van der Waals surface area contributed by atoms with Gasteiger partial charge in [0.15, 0.2) is 5.58 Å². The quantitative estimate of drug-likeness (QED) is 0.687. The monoisotopic (exact) mass is 367 g/mol. The number of nitrogens with zero attached hydrogens (tertiary/aromatic N) is 5. The molecule has 0 bridgehead atoms. The lowest BCUT2D eigenvalue weighted by Gasteiger charge is -2.35. The van der Waals surface area contributed by atoms with Crippen molar-refractivity contribution in [1.29, 1.82) is 0 Å². The first kappa shape index (κ1) is 17.9. The van der Waals surface area contributed by atoms with E-state index in [-0.39, 0.29) is 0 Å². The van der Waals surface area contributed by atoms with Gasteiger partial charge in [0, 0.05) is 44.5 Å². The van der Waals surface area contributed by atoms with Crippen molar-refractivity contribution in [2.24, 2.45) is 0 Å². The smallest absolute Gasteiger partial charge is 0.209 e. The summed E-state index contributed by atoms with van der Waals surface area (Å²) in [6.07, 6.45) is 1.65. The van der Waals surface area contributed by atoms with Crippen molar-refractivity contribution >= 4 is 16.9 Å². The molecule has 0 saturated carbocycles. The zero-order chi connectivity index (χ0) is 18.8. The number of rotatable bonds is 5. The molecule has 0 aliphatic carbocycles. The Kier molecular flexibility index (Phi) is 5.05. The maximum Gasteiger partial charge on any atom is 0.209 e. The third kappa shape index (κ3) is 3.79. The summed E-state index contributed by atoms with van der Waals surface area (Å²) in [4.78, 5) is 18.1. The third-order valence-electron chi connectivity index (χ3n) is 5.15. The van der Waals surface area contributed by atoms with Crippen LogP contribution in [-0.4, -0.2) is 53.1 Å². The fourth-order valence-electron chi connectivity index (χ4n) is 3.49. The van der Waals surface area contributed by atoms with E-state index in [1.807, 2.05) is 25.1 Å². The Labute approximate surface area is 159 Å². The molecule has 142 valence electrons. The van der Waals surface area contributed by atoms with Gasteiger partial charge in [0.25, 0.3) is 0 Å². The van der Waals surface area contributed by atoms with E-state index in [9.17, 15) is 0 Å². The van der Waals surface area contributed by atoms with Crippen molar-refractivity contribution in [2.45, 2.75) is 27.0 Å². The molecule has 27 heavy (non-hydrogen) atoms. The molecule has 2 aromatic heterocycles. The molecule has 0 N–H and O–H groups in total. The van der Waals surface area contributed by atoms with Crippen molar-refractivity contribution in [1.82, 2.24) is 19.9 Å². The number of methoxy groups -OCH3 is 1. The molecule has 0 unspecified atom stereocenters. The Balaban J connectivity index is 1.40. The van der Waals surface area contributed by atoms with E-state index in [1.54, 1.807) is 13.4 Å². The van der Waals surface area contributed by atoms with Crippen molar-refractivity contribution < 1.29 is 9.15 Å². The van der Waals surface area contributed by atoms with Crippen LogP contribution in [0.5, 0.6) is 0 Å². The average Bonchev–Trinajstić information content (AvgIpc) is 3.06. The van der Waals surface area contributed by atoms with E-state index in [4.69, 9.17) is 9.15 Å². The lowest BCUT2D eigenvalue weighted by atomic mass is 10.2. The number of hydrogen-bond acceptors (Lipinski definition) is 7. The van der Waals surface area contributed by atoms with E-state index < -0.39 is 0 Å². The maximum atomic E-state index is 5.96. The SMILES string of the molecule is COCc1ccc2nc(CN3CCN(c4ncnc(C)c4C)CC3)oc2c1. The lowest BCUT2D eigenvalue weighted by molar-refractivity contribution is 0.185. The molecule has 1 aliphatic heterocycles. The summed E-state index contributed by atoms with van der Waals surface area (Å²) < 4.78 is 11.1. The second-order valence-corrected chi connectivity index (χ2v) is 7.01. The number of hydrogen-bond donors (Lipinski definition) is 0. The Morgan fingerprint density at radius 3 is 2.70 bits per heavy atom. The lowest BCUT2D eigenvalue weighted by Crippen LogP contribution is -2.46. The van der Waals surface area contributed by atoms with Gasteiger partial charge < -0.3 is 14.1 Å². The standard InChI is InChI=1S/C20H25N5O2/c1-14-15(2)21-13-22-20(14)25-8-6-24(7-9-25)11-19-23-17-5-4-16(12-26-3)10-18(17)27-19/h4-5,10,13H,6-9,11-12H2,1-3H3. The molecule has 7 heteroatoms. The van der Waals surface area contributed by atoms with Gasteiger partial charge in [-0.2, -0.15) is 0 Å². The van der Waals surface area contributed by atoms with Crippen molar-refractivity contribution in [3.63, 3.8) is 0 Å². The van der Waals surface area contributed by atoms with E-state index in [0.29, 0.717) is 6.61 Å². The van der Waals surface area contributed by atoms with Gasteiger partial charge in [-0.15, -0.1) is 0 Å². The highest BCUT2D eigenvalue weighted by Crippen LogP contribution is 2.22. The van der Waals surface area contributed by atoms with E-state index in [0.717, 1.165) is 72.4 Å². The van der Waals surface area contributed by atoms with E-state index >= 15 is 0 Å². The molecular weight excluding hydrogens is 342 g/mol. The number of oxazole rings is 1. The zero-order valence-corrected chi connectivity index (χ0v) is 16.1. The molecule has 0 radical (unpaired) electrons. The summed E-state index contributed by atoms with van der Waals surface area (Å²) in [5, 5.41) is 0. The highest BCUT2D eigenvalue weighted by Gasteiger charge is 2.21. The fourth-order valence-corrected chi connectivity index (χ4v) is 3.49. The third-order valence-corrected chi connectivity index (χ3v) is 5.15. The summed E-state index contributed by atoms with van der Waals surface area (Å²) in [6, 6.07) is 6.03. The normalized spacial score (nSPS) is 15.6. The number of fused-ring (bicyclic) bond motifs is 1. The summed E-state index contributed by atoms with van der Waals surface area (Å²) >= 11 is 0. The first-order valence-corrected chi connectivity index (χ1v) is 9.27. The molecule has 0 amide bonds. The second kappa shape index (κ2) is 7.62. The van der Waals surface area contributed by atoms with Gasteiger partial charge in [0.1, 0.15) is 17.7 Å². The van der Waals surface area contributed by atoms with Gasteiger partial charge in [-0.1, -0.05) is 6.07 Å². The van der Waals surface area contributed by atoms with Gasteiger partial charge in [-0.3, -0.25) is 4.90 Å². The first-order valence-electron chi connectivity index (χ1n) is 9.27. The van der Waals surface area contributed by atoms with Crippen LogP contribution in [-0.2, 0) is 17.9 Å². The Morgan fingerprint density at radius 1 is 1.11 bits per heavy atom. The van der Waals surface area contributed by atoms with Crippen LogP contribution in [0, 0.1) is 13.8 Å². The molecule has 4 rings (SSSR count). The topological polar surface area (TPSA) is 67.5 Å². The average molecular weight is 367 g/mol. The minimum Gasteiger partial charge on any atom is -0.439 e. The number of aromatic nitrogens is 3. The largest absolute Gasteiger partial charge is 0.439 e. The van der Waals surface area contributed by atoms with Crippen LogP contribution in [0.1, 0.15) is 22.7 Å². The highest BCUT2D eigenvalue weighted by atomic mass is 16.5. The Morgan fingerprint density at radius 2 is 1.93 bits per heavy atom. The molecule has 1 aliphatic rings. The van der Waals surface area contributed by atoms with Gasteiger partial charge in [0.05, 0.1) is 13.2 Å². The van der Waals surface area contributed by atoms with Gasteiger partial charge in [-0.25, -0.2) is 15.0 Å². The number of piperazine rings is 1. The summed E-state index contributed by atoms with van der Waals surface area (Å²) in [7, 11) is 1.69. The molecule has 7 nitrogen and oxygen atoms in total. The van der Waals surface area contributed by atoms with Crippen molar-refractivity contribution in [3.8, 4) is 0 Å². The van der Waals surface area contributed by atoms with Crippen LogP contribution in [0.15, 0.2) is 28.9 Å². The summed E-state index contributed by atoms with van der Waals surface area (Å²) in [5.41, 5.74) is 5.02. The molecular formula is C20H25N5O2. The van der Waals surface area contributed by atoms with Crippen LogP contribution in [0.4, 0.5) is 5.82 Å². The molecule has 1 aromatic carbocycles. The maximum absolute atomic E-state index is 5.96. The molecule has 3 heterocycles. The first-order chi connectivity index (χ1) is 13.1. The van der Waals surface area contributed by atoms with Crippen molar-refractivity contribution in [2.75, 3.05) is 38.2 Å². The molecule has 0 atom stereocenters. The van der Waals surface area contributed by atoms with Gasteiger partial charge in [0.2, 0.25) is 5.89 Å². The molecule has 0 spiro atoms. The van der Waals surface area contributed by atoms with E-state index in [1.165, 1.54) is 0 Å². The number of ether oxygens (including phenoxy) is 1. The number of aryl methyl sites for hydroxylation is 1. The predicted molar refractivity (Wildman–Crippen MR) is 104 cm³/mol. The van der Waals surface area contributed by atoms with E-state index in [2.05, 4.69) is 31.7 Å². The second-order valence-electron chi connectivity index (χ2n) is 7.01. The van der Waals surface area contributed by atoms with Crippen LogP contribution < -0.4 is 4.90 Å². The summed E-state index contributed by atoms with van der Waals surface area (Å²) in [5.74, 6) is 1.82. The summed E-state index contributed by atoms with van der Waals surface area (Å²) in [6.45, 7) is 9.21. The van der Waals surface area contributed by atoms with Crippen LogP contribution in [0.2, 0.25) is 0 Å². The fraction of sp³-hybridized carbons (Fsp3) is 0.450. The van der Waals surface area contributed by atoms with Crippen LogP contribution in [0.25, 0.3) is 11.1 Å². The predicted octanol–water partition coefficient (Wildman–Crippen LogP) is 2.70. The minimum atomic E-state index is 0.579. The highest BCUT2D eigenvalue weighted by molar-refractivity contribution is 5.73. The van der Waals surface area contributed by atoms with Crippen LogP contribution >= 0.6 is 0 Å². The Bertz CT molecular complexity index is 931.